The number of hydrogen-bond donors (Lipinski definition) is 0. The van der Waals surface area contributed by atoms with Crippen LogP contribution in [0.5, 0.6) is 0 Å². The molecule has 0 unspecified atom stereocenters. The monoisotopic (exact) mass is 317 g/mol. The van der Waals surface area contributed by atoms with Gasteiger partial charge in [0.25, 0.3) is 0 Å². The summed E-state index contributed by atoms with van der Waals surface area (Å²) in [4.78, 5) is 13.4. The molecule has 0 aromatic heterocycles. The van der Waals surface area contributed by atoms with Crippen LogP contribution < -0.4 is 0 Å². The van der Waals surface area contributed by atoms with Gasteiger partial charge in [-0.2, -0.15) is 13.2 Å². The third-order valence-electron chi connectivity index (χ3n) is 3.15. The third kappa shape index (κ3) is 4.50. The third-order valence-corrected chi connectivity index (χ3v) is 4.42. The Morgan fingerprint density at radius 3 is 2.29 bits per heavy atom. The normalized spacial score (nSPS) is 17.4. The molecule has 1 amide bonds. The largest absolute Gasteiger partial charge is 0.616 e. The Kier molecular flexibility index (Phi) is 4.95. The van der Waals surface area contributed by atoms with Gasteiger partial charge in [-0.25, -0.2) is 0 Å². The number of alkyl halides is 3. The molecular formula is C14H14F3NO2S. The summed E-state index contributed by atoms with van der Waals surface area (Å²) in [5, 5.41) is 0. The predicted molar refractivity (Wildman–Crippen MR) is 74.9 cm³/mol. The second kappa shape index (κ2) is 6.53. The summed E-state index contributed by atoms with van der Waals surface area (Å²) < 4.78 is 48.4. The van der Waals surface area contributed by atoms with E-state index in [1.54, 1.807) is 4.90 Å². The molecule has 1 heterocycles. The molecule has 0 bridgehead atoms. The van der Waals surface area contributed by atoms with Crippen molar-refractivity contribution >= 4 is 23.2 Å². The molecule has 1 fully saturated rings. The van der Waals surface area contributed by atoms with E-state index in [0.717, 1.165) is 12.1 Å². The van der Waals surface area contributed by atoms with E-state index in [2.05, 4.69) is 0 Å². The molecule has 1 aromatic carbocycles. The molecule has 1 aromatic rings. The Bertz CT molecular complexity index is 520. The summed E-state index contributed by atoms with van der Waals surface area (Å²) in [5.41, 5.74) is -0.193. The fourth-order valence-electron chi connectivity index (χ4n) is 1.91. The zero-order chi connectivity index (χ0) is 15.5. The van der Waals surface area contributed by atoms with Gasteiger partial charge >= 0.3 is 6.18 Å². The molecule has 1 aliphatic rings. The van der Waals surface area contributed by atoms with E-state index < -0.39 is 22.9 Å². The first kappa shape index (κ1) is 15.9. The summed E-state index contributed by atoms with van der Waals surface area (Å²) >= 11 is -0.853. The second-order valence-corrected chi connectivity index (χ2v) is 6.32. The molecule has 1 saturated heterocycles. The molecule has 0 radical (unpaired) electrons. The topological polar surface area (TPSA) is 43.4 Å². The van der Waals surface area contributed by atoms with Crippen molar-refractivity contribution in [3.05, 3.63) is 41.5 Å². The average Bonchev–Trinajstić information content (AvgIpc) is 2.45. The maximum absolute atomic E-state index is 12.4. The lowest BCUT2D eigenvalue weighted by Gasteiger charge is -2.27. The van der Waals surface area contributed by atoms with Gasteiger partial charge in [0.1, 0.15) is 11.5 Å². The van der Waals surface area contributed by atoms with Gasteiger partial charge in [-0.1, -0.05) is 23.3 Å². The van der Waals surface area contributed by atoms with E-state index in [0.29, 0.717) is 30.2 Å². The average molecular weight is 317 g/mol. The minimum Gasteiger partial charge on any atom is -0.616 e. The van der Waals surface area contributed by atoms with E-state index in [-0.39, 0.29) is 5.91 Å². The van der Waals surface area contributed by atoms with E-state index in [1.165, 1.54) is 24.3 Å². The van der Waals surface area contributed by atoms with Crippen LogP contribution in [-0.4, -0.2) is 40.0 Å². The SMILES string of the molecule is O=C(C=Cc1ccc(C(F)(F)F)cc1)N1CC[S+]([O-])CC1. The fourth-order valence-corrected chi connectivity index (χ4v) is 2.97. The Hall–Kier alpha value is -1.47. The highest BCUT2D eigenvalue weighted by atomic mass is 32.2. The minimum atomic E-state index is -4.36. The molecule has 0 spiro atoms. The molecule has 21 heavy (non-hydrogen) atoms. The van der Waals surface area contributed by atoms with Gasteiger partial charge in [-0.05, 0) is 23.8 Å². The lowest BCUT2D eigenvalue weighted by molar-refractivity contribution is -0.137. The van der Waals surface area contributed by atoms with Gasteiger partial charge in [0, 0.05) is 6.08 Å². The molecule has 0 atom stereocenters. The van der Waals surface area contributed by atoms with Crippen molar-refractivity contribution in [3.8, 4) is 0 Å². The minimum absolute atomic E-state index is 0.216. The maximum atomic E-state index is 12.4. The smallest absolute Gasteiger partial charge is 0.416 e. The highest BCUT2D eigenvalue weighted by molar-refractivity contribution is 7.91. The summed E-state index contributed by atoms with van der Waals surface area (Å²) in [6, 6.07) is 4.60. The Labute approximate surface area is 123 Å². The summed E-state index contributed by atoms with van der Waals surface area (Å²) in [6.45, 7) is 0.894. The van der Waals surface area contributed by atoms with E-state index in [4.69, 9.17) is 0 Å². The summed E-state index contributed by atoms with van der Waals surface area (Å²) in [5.74, 6) is 0.728. The van der Waals surface area contributed by atoms with Crippen LogP contribution in [0.3, 0.4) is 0 Å². The van der Waals surface area contributed by atoms with Gasteiger partial charge in [0.2, 0.25) is 5.91 Å². The van der Waals surface area contributed by atoms with E-state index >= 15 is 0 Å². The van der Waals surface area contributed by atoms with Crippen LogP contribution in [0.25, 0.3) is 6.08 Å². The molecule has 1 aliphatic heterocycles. The van der Waals surface area contributed by atoms with Crippen molar-refractivity contribution in [1.29, 1.82) is 0 Å². The lowest BCUT2D eigenvalue weighted by Crippen LogP contribution is -2.43. The van der Waals surface area contributed by atoms with Crippen molar-refractivity contribution in [2.75, 3.05) is 24.6 Å². The number of nitrogens with zero attached hydrogens (tertiary/aromatic N) is 1. The van der Waals surface area contributed by atoms with Crippen LogP contribution in [0.4, 0.5) is 13.2 Å². The molecule has 2 rings (SSSR count). The number of hydrogen-bond acceptors (Lipinski definition) is 2. The molecule has 0 aliphatic carbocycles. The number of rotatable bonds is 2. The molecule has 7 heteroatoms. The number of halogens is 3. The molecule has 3 nitrogen and oxygen atoms in total. The van der Waals surface area contributed by atoms with E-state index in [1.807, 2.05) is 0 Å². The molecule has 0 N–H and O–H groups in total. The van der Waals surface area contributed by atoms with E-state index in [9.17, 15) is 22.5 Å². The van der Waals surface area contributed by atoms with Crippen LogP contribution in [-0.2, 0) is 22.1 Å². The van der Waals surface area contributed by atoms with Crippen LogP contribution >= 0.6 is 0 Å². The molecule has 0 saturated carbocycles. The lowest BCUT2D eigenvalue weighted by atomic mass is 10.1. The van der Waals surface area contributed by atoms with Gasteiger partial charge in [-0.15, -0.1) is 0 Å². The van der Waals surface area contributed by atoms with Crippen LogP contribution in [0, 0.1) is 0 Å². The Morgan fingerprint density at radius 2 is 1.76 bits per heavy atom. The second-order valence-electron chi connectivity index (χ2n) is 4.63. The van der Waals surface area contributed by atoms with Gasteiger partial charge in [0.15, 0.2) is 0 Å². The highest BCUT2D eigenvalue weighted by Gasteiger charge is 2.29. The summed E-state index contributed by atoms with van der Waals surface area (Å²) in [7, 11) is 0. The van der Waals surface area contributed by atoms with Crippen LogP contribution in [0.15, 0.2) is 30.3 Å². The Morgan fingerprint density at radius 1 is 1.19 bits per heavy atom. The molecule has 114 valence electrons. The maximum Gasteiger partial charge on any atom is 0.416 e. The van der Waals surface area contributed by atoms with Gasteiger partial charge < -0.3 is 9.45 Å². The van der Waals surface area contributed by atoms with Gasteiger partial charge in [-0.3, -0.25) is 4.79 Å². The number of carbonyl (C=O) groups excluding carboxylic acids is 1. The summed E-state index contributed by atoms with van der Waals surface area (Å²) in [6.07, 6.45) is -1.55. The first-order chi connectivity index (χ1) is 9.86. The standard InChI is InChI=1S/C14H14F3NO2S/c15-14(16,17)12-4-1-11(2-5-12)3-6-13(19)18-7-9-21(20)10-8-18/h1-6H,7-10H2. The van der Waals surface area contributed by atoms with Crippen molar-refractivity contribution < 1.29 is 22.5 Å². The first-order valence-electron chi connectivity index (χ1n) is 6.35. The number of amides is 1. The fraction of sp³-hybridized carbons (Fsp3) is 0.357. The Balaban J connectivity index is 1.96. The van der Waals surface area contributed by atoms with Crippen LogP contribution in [0.2, 0.25) is 0 Å². The zero-order valence-electron chi connectivity index (χ0n) is 11.1. The number of benzene rings is 1. The number of carbonyl (C=O) groups is 1. The predicted octanol–water partition coefficient (Wildman–Crippen LogP) is 2.31. The van der Waals surface area contributed by atoms with Crippen molar-refractivity contribution in [1.82, 2.24) is 4.90 Å². The van der Waals surface area contributed by atoms with Gasteiger partial charge in [0.05, 0.1) is 18.7 Å². The molecular weight excluding hydrogens is 303 g/mol. The van der Waals surface area contributed by atoms with Crippen molar-refractivity contribution in [2.24, 2.45) is 0 Å². The van der Waals surface area contributed by atoms with Crippen molar-refractivity contribution in [2.45, 2.75) is 6.18 Å². The zero-order valence-corrected chi connectivity index (χ0v) is 11.9. The van der Waals surface area contributed by atoms with Crippen molar-refractivity contribution in [3.63, 3.8) is 0 Å². The quantitative estimate of drug-likeness (QED) is 0.620. The highest BCUT2D eigenvalue weighted by Crippen LogP contribution is 2.29. The van der Waals surface area contributed by atoms with Crippen LogP contribution in [0.1, 0.15) is 11.1 Å². The first-order valence-corrected chi connectivity index (χ1v) is 7.84.